The monoisotopic (exact) mass is 273 g/mol. The Morgan fingerprint density at radius 3 is 2.67 bits per heavy atom. The molecule has 2 N–H and O–H groups in total. The molecule has 0 saturated carbocycles. The molecule has 0 fully saturated rings. The Balaban J connectivity index is 2.65. The van der Waals surface area contributed by atoms with Gasteiger partial charge >= 0.3 is 0 Å². The van der Waals surface area contributed by atoms with Crippen molar-refractivity contribution in [1.29, 1.82) is 0 Å². The first-order valence-electron chi connectivity index (χ1n) is 4.82. The molecule has 1 rings (SSSR count). The lowest BCUT2D eigenvalue weighted by molar-refractivity contribution is 0.146. The molecule has 3 nitrogen and oxygen atoms in total. The van der Waals surface area contributed by atoms with Gasteiger partial charge in [0, 0.05) is 17.6 Å². The predicted octanol–water partition coefficient (Wildman–Crippen LogP) is 2.49. The lowest BCUT2D eigenvalue weighted by atomic mass is 10.1. The second kappa shape index (κ2) is 6.10. The molecule has 15 heavy (non-hydrogen) atoms. The van der Waals surface area contributed by atoms with E-state index in [1.54, 1.807) is 7.11 Å². The van der Waals surface area contributed by atoms with E-state index in [9.17, 15) is 0 Å². The Labute approximate surface area is 98.7 Å². The zero-order chi connectivity index (χ0) is 11.3. The maximum absolute atomic E-state index is 5.80. The molecule has 0 radical (unpaired) electrons. The van der Waals surface area contributed by atoms with Gasteiger partial charge in [-0.2, -0.15) is 0 Å². The highest BCUT2D eigenvalue weighted by molar-refractivity contribution is 9.10. The highest BCUT2D eigenvalue weighted by Crippen LogP contribution is 2.26. The lowest BCUT2D eigenvalue weighted by Crippen LogP contribution is -2.07. The van der Waals surface area contributed by atoms with Crippen LogP contribution in [0.4, 0.5) is 0 Å². The molecule has 0 aliphatic carbocycles. The SMILES string of the molecule is COCCOc1ccc([C@@H](C)N)c(Br)c1. The van der Waals surface area contributed by atoms with Gasteiger partial charge in [0.25, 0.3) is 0 Å². The Morgan fingerprint density at radius 1 is 1.40 bits per heavy atom. The minimum Gasteiger partial charge on any atom is -0.491 e. The van der Waals surface area contributed by atoms with E-state index in [0.717, 1.165) is 15.8 Å². The molecular weight excluding hydrogens is 258 g/mol. The minimum absolute atomic E-state index is 0.0207. The van der Waals surface area contributed by atoms with E-state index in [1.807, 2.05) is 25.1 Å². The molecule has 0 bridgehead atoms. The number of halogens is 1. The molecule has 0 heterocycles. The van der Waals surface area contributed by atoms with Crippen molar-refractivity contribution in [2.45, 2.75) is 13.0 Å². The molecule has 0 amide bonds. The van der Waals surface area contributed by atoms with Gasteiger partial charge in [0.05, 0.1) is 6.61 Å². The molecule has 1 aromatic rings. The maximum atomic E-state index is 5.80. The number of nitrogens with two attached hydrogens (primary N) is 1. The largest absolute Gasteiger partial charge is 0.491 e. The first-order valence-corrected chi connectivity index (χ1v) is 5.61. The number of methoxy groups -OCH3 is 1. The van der Waals surface area contributed by atoms with Crippen molar-refractivity contribution in [3.05, 3.63) is 28.2 Å². The van der Waals surface area contributed by atoms with E-state index in [0.29, 0.717) is 13.2 Å². The summed E-state index contributed by atoms with van der Waals surface area (Å²) in [6.45, 7) is 3.10. The highest BCUT2D eigenvalue weighted by Gasteiger charge is 2.05. The molecule has 0 unspecified atom stereocenters. The summed E-state index contributed by atoms with van der Waals surface area (Å²) >= 11 is 3.47. The van der Waals surface area contributed by atoms with E-state index < -0.39 is 0 Å². The van der Waals surface area contributed by atoms with Crippen LogP contribution in [0, 0.1) is 0 Å². The van der Waals surface area contributed by atoms with Gasteiger partial charge in [-0.25, -0.2) is 0 Å². The summed E-state index contributed by atoms with van der Waals surface area (Å²) in [6.07, 6.45) is 0. The van der Waals surface area contributed by atoms with Gasteiger partial charge in [0.15, 0.2) is 0 Å². The van der Waals surface area contributed by atoms with Crippen LogP contribution in [0.25, 0.3) is 0 Å². The fourth-order valence-electron chi connectivity index (χ4n) is 1.21. The predicted molar refractivity (Wildman–Crippen MR) is 64.1 cm³/mol. The van der Waals surface area contributed by atoms with Crippen molar-refractivity contribution in [3.8, 4) is 5.75 Å². The number of rotatable bonds is 5. The molecular formula is C11H16BrNO2. The molecule has 0 aromatic heterocycles. The smallest absolute Gasteiger partial charge is 0.120 e. The van der Waals surface area contributed by atoms with Gasteiger partial charge in [0.1, 0.15) is 12.4 Å². The summed E-state index contributed by atoms with van der Waals surface area (Å²) in [5.41, 5.74) is 6.87. The average molecular weight is 274 g/mol. The number of ether oxygens (including phenoxy) is 2. The standard InChI is InChI=1S/C11H16BrNO2/c1-8(13)10-4-3-9(7-11(10)12)15-6-5-14-2/h3-4,7-8H,5-6,13H2,1-2H3/t8-/m1/s1. The van der Waals surface area contributed by atoms with Crippen molar-refractivity contribution >= 4 is 15.9 Å². The van der Waals surface area contributed by atoms with Crippen molar-refractivity contribution in [2.24, 2.45) is 5.73 Å². The third-order valence-electron chi connectivity index (χ3n) is 2.02. The second-order valence-corrected chi connectivity index (χ2v) is 4.17. The van der Waals surface area contributed by atoms with Crippen molar-refractivity contribution < 1.29 is 9.47 Å². The van der Waals surface area contributed by atoms with Crippen LogP contribution in [0.15, 0.2) is 22.7 Å². The number of benzene rings is 1. The molecule has 0 aliphatic rings. The molecule has 1 aromatic carbocycles. The van der Waals surface area contributed by atoms with Gasteiger partial charge < -0.3 is 15.2 Å². The first-order chi connectivity index (χ1) is 7.15. The third-order valence-corrected chi connectivity index (χ3v) is 2.71. The number of hydrogen-bond donors (Lipinski definition) is 1. The van der Waals surface area contributed by atoms with Crippen molar-refractivity contribution in [3.63, 3.8) is 0 Å². The zero-order valence-electron chi connectivity index (χ0n) is 9.00. The Bertz CT molecular complexity index is 315. The lowest BCUT2D eigenvalue weighted by Gasteiger charge is -2.11. The quantitative estimate of drug-likeness (QED) is 0.839. The molecule has 0 spiro atoms. The van der Waals surface area contributed by atoms with Gasteiger partial charge in [-0.05, 0) is 24.6 Å². The van der Waals surface area contributed by atoms with Gasteiger partial charge in [-0.3, -0.25) is 0 Å². The van der Waals surface area contributed by atoms with Crippen LogP contribution in [0.5, 0.6) is 5.75 Å². The van der Waals surface area contributed by atoms with E-state index >= 15 is 0 Å². The van der Waals surface area contributed by atoms with Gasteiger partial charge in [0.2, 0.25) is 0 Å². The topological polar surface area (TPSA) is 44.5 Å². The Hall–Kier alpha value is -0.580. The molecule has 0 saturated heterocycles. The van der Waals surface area contributed by atoms with E-state index in [1.165, 1.54) is 0 Å². The van der Waals surface area contributed by atoms with Crippen LogP contribution >= 0.6 is 15.9 Å². The normalized spacial score (nSPS) is 12.5. The fourth-order valence-corrected chi connectivity index (χ4v) is 1.93. The Kier molecular flexibility index (Phi) is 5.08. The van der Waals surface area contributed by atoms with Crippen LogP contribution in [0.1, 0.15) is 18.5 Å². The van der Waals surface area contributed by atoms with Gasteiger partial charge in [-0.15, -0.1) is 0 Å². The third kappa shape index (κ3) is 3.81. The van der Waals surface area contributed by atoms with Crippen molar-refractivity contribution in [1.82, 2.24) is 0 Å². The number of hydrogen-bond acceptors (Lipinski definition) is 3. The molecule has 4 heteroatoms. The molecule has 0 aliphatic heterocycles. The van der Waals surface area contributed by atoms with E-state index in [-0.39, 0.29) is 6.04 Å². The summed E-state index contributed by atoms with van der Waals surface area (Å²) in [5.74, 6) is 0.823. The van der Waals surface area contributed by atoms with E-state index in [4.69, 9.17) is 15.2 Å². The zero-order valence-corrected chi connectivity index (χ0v) is 10.6. The highest BCUT2D eigenvalue weighted by atomic mass is 79.9. The minimum atomic E-state index is 0.0207. The second-order valence-electron chi connectivity index (χ2n) is 3.31. The summed E-state index contributed by atoms with van der Waals surface area (Å²) in [7, 11) is 1.65. The summed E-state index contributed by atoms with van der Waals surface area (Å²) in [5, 5.41) is 0. The van der Waals surface area contributed by atoms with Gasteiger partial charge in [-0.1, -0.05) is 22.0 Å². The molecule has 84 valence electrons. The van der Waals surface area contributed by atoms with Crippen LogP contribution in [-0.4, -0.2) is 20.3 Å². The van der Waals surface area contributed by atoms with Crippen molar-refractivity contribution in [2.75, 3.05) is 20.3 Å². The van der Waals surface area contributed by atoms with Crippen LogP contribution < -0.4 is 10.5 Å². The Morgan fingerprint density at radius 2 is 2.13 bits per heavy atom. The first kappa shape index (κ1) is 12.5. The molecule has 1 atom stereocenters. The fraction of sp³-hybridized carbons (Fsp3) is 0.455. The summed E-state index contributed by atoms with van der Waals surface area (Å²) in [4.78, 5) is 0. The summed E-state index contributed by atoms with van der Waals surface area (Å²) in [6, 6.07) is 5.83. The van der Waals surface area contributed by atoms with Crippen LogP contribution in [0.3, 0.4) is 0 Å². The van der Waals surface area contributed by atoms with Crippen LogP contribution in [0.2, 0.25) is 0 Å². The average Bonchev–Trinajstić information content (AvgIpc) is 2.17. The van der Waals surface area contributed by atoms with Crippen LogP contribution in [-0.2, 0) is 4.74 Å². The van der Waals surface area contributed by atoms with E-state index in [2.05, 4.69) is 15.9 Å². The summed E-state index contributed by atoms with van der Waals surface area (Å²) < 4.78 is 11.3. The maximum Gasteiger partial charge on any atom is 0.120 e.